The van der Waals surface area contributed by atoms with Crippen LogP contribution in [0, 0.1) is 0 Å². The normalized spacial score (nSPS) is 27.2. The molecule has 1 aromatic rings. The minimum atomic E-state index is -4.42. The average molecular weight is 363 g/mol. The van der Waals surface area contributed by atoms with E-state index in [0.717, 1.165) is 25.7 Å². The first-order valence-electron chi connectivity index (χ1n) is 8.09. The Bertz CT molecular complexity index is 541. The van der Waals surface area contributed by atoms with Crippen LogP contribution in [0.15, 0.2) is 30.3 Å². The van der Waals surface area contributed by atoms with Gasteiger partial charge in [0.05, 0.1) is 5.92 Å². The number of carbonyl (C=O) groups excluding carboxylic acids is 1. The third kappa shape index (κ3) is 4.63. The third-order valence-corrected chi connectivity index (χ3v) is 4.82. The van der Waals surface area contributed by atoms with Gasteiger partial charge in [0.1, 0.15) is 0 Å². The van der Waals surface area contributed by atoms with Crippen LogP contribution in [0.4, 0.5) is 13.2 Å². The zero-order valence-electron chi connectivity index (χ0n) is 13.2. The topological polar surface area (TPSA) is 41.1 Å². The predicted octanol–water partition coefficient (Wildman–Crippen LogP) is 3.54. The lowest BCUT2D eigenvalue weighted by molar-refractivity contribution is -0.157. The Hall–Kier alpha value is -1.27. The number of hydrogen-bond donors (Lipinski definition) is 2. The summed E-state index contributed by atoms with van der Waals surface area (Å²) in [7, 11) is 0. The molecule has 2 N–H and O–H groups in total. The minimum Gasteiger partial charge on any atom is -0.353 e. The van der Waals surface area contributed by atoms with Gasteiger partial charge in [-0.2, -0.15) is 13.2 Å². The first kappa shape index (κ1) is 19.1. The van der Waals surface area contributed by atoms with Crippen LogP contribution in [0.3, 0.4) is 0 Å². The molecular weight excluding hydrogens is 341 g/mol. The maximum Gasteiger partial charge on any atom is 0.396 e. The van der Waals surface area contributed by atoms with Gasteiger partial charge in [-0.05, 0) is 31.2 Å². The molecule has 0 radical (unpaired) electrons. The monoisotopic (exact) mass is 362 g/mol. The molecule has 0 spiro atoms. The maximum absolute atomic E-state index is 13.3. The zero-order chi connectivity index (χ0) is 16.4. The van der Waals surface area contributed by atoms with E-state index in [0.29, 0.717) is 12.1 Å². The number of piperidine rings is 1. The number of alkyl halides is 3. The Morgan fingerprint density at radius 1 is 1.17 bits per heavy atom. The van der Waals surface area contributed by atoms with Gasteiger partial charge in [-0.15, -0.1) is 12.4 Å². The molecule has 3 nitrogen and oxygen atoms in total. The molecule has 24 heavy (non-hydrogen) atoms. The molecule has 1 amide bonds. The summed E-state index contributed by atoms with van der Waals surface area (Å²) in [5.74, 6) is -2.26. The lowest BCUT2D eigenvalue weighted by atomic mass is 9.94. The van der Waals surface area contributed by atoms with Crippen LogP contribution in [0.1, 0.15) is 43.6 Å². The van der Waals surface area contributed by atoms with Gasteiger partial charge in [-0.1, -0.05) is 30.3 Å². The molecule has 134 valence electrons. The summed E-state index contributed by atoms with van der Waals surface area (Å²) in [5.41, 5.74) is 0.139. The van der Waals surface area contributed by atoms with Crippen molar-refractivity contribution in [2.24, 2.45) is 0 Å². The van der Waals surface area contributed by atoms with Crippen molar-refractivity contribution in [3.05, 3.63) is 35.9 Å². The SMILES string of the molecule is Cl.O=C(CC(c1ccccc1)C(F)(F)F)NC1CC2CCC(C1)N2. The van der Waals surface area contributed by atoms with E-state index >= 15 is 0 Å². The number of carbonyl (C=O) groups is 1. The van der Waals surface area contributed by atoms with E-state index in [-0.39, 0.29) is 24.0 Å². The first-order valence-corrected chi connectivity index (χ1v) is 8.09. The summed E-state index contributed by atoms with van der Waals surface area (Å²) in [4.78, 5) is 12.1. The van der Waals surface area contributed by atoms with Crippen LogP contribution in [-0.2, 0) is 4.79 Å². The van der Waals surface area contributed by atoms with Crippen LogP contribution in [0.2, 0.25) is 0 Å². The molecule has 2 aliphatic heterocycles. The summed E-state index contributed by atoms with van der Waals surface area (Å²) in [5, 5.41) is 6.27. The Labute approximate surface area is 145 Å². The van der Waals surface area contributed by atoms with Gasteiger partial charge >= 0.3 is 6.18 Å². The molecular formula is C17H22ClF3N2O. The second-order valence-electron chi connectivity index (χ2n) is 6.58. The molecule has 2 heterocycles. The van der Waals surface area contributed by atoms with Gasteiger partial charge in [-0.3, -0.25) is 4.79 Å². The third-order valence-electron chi connectivity index (χ3n) is 4.82. The van der Waals surface area contributed by atoms with Gasteiger partial charge in [0.2, 0.25) is 5.91 Å². The highest BCUT2D eigenvalue weighted by molar-refractivity contribution is 5.85. The summed E-state index contributed by atoms with van der Waals surface area (Å²) >= 11 is 0. The van der Waals surface area contributed by atoms with Gasteiger partial charge in [-0.25, -0.2) is 0 Å². The van der Waals surface area contributed by atoms with Crippen molar-refractivity contribution >= 4 is 18.3 Å². The molecule has 7 heteroatoms. The van der Waals surface area contributed by atoms with Crippen molar-refractivity contribution in [2.75, 3.05) is 0 Å². The van der Waals surface area contributed by atoms with Crippen LogP contribution in [0.5, 0.6) is 0 Å². The van der Waals surface area contributed by atoms with Crippen molar-refractivity contribution in [2.45, 2.75) is 62.3 Å². The number of benzene rings is 1. The molecule has 3 rings (SSSR count). The molecule has 3 atom stereocenters. The van der Waals surface area contributed by atoms with Crippen molar-refractivity contribution < 1.29 is 18.0 Å². The summed E-state index contributed by atoms with van der Waals surface area (Å²) in [6.07, 6.45) is -1.18. The number of hydrogen-bond acceptors (Lipinski definition) is 2. The largest absolute Gasteiger partial charge is 0.396 e. The number of amides is 1. The molecule has 2 bridgehead atoms. The number of fused-ring (bicyclic) bond motifs is 2. The van der Waals surface area contributed by atoms with E-state index in [1.54, 1.807) is 18.2 Å². The van der Waals surface area contributed by atoms with Crippen molar-refractivity contribution in [1.82, 2.24) is 10.6 Å². The number of rotatable bonds is 4. The fourth-order valence-electron chi connectivity index (χ4n) is 3.76. The molecule has 1 aromatic carbocycles. The summed E-state index contributed by atoms with van der Waals surface area (Å²) in [6.45, 7) is 0. The van der Waals surface area contributed by atoms with E-state index in [4.69, 9.17) is 0 Å². The fraction of sp³-hybridized carbons (Fsp3) is 0.588. The minimum absolute atomic E-state index is 0. The van der Waals surface area contributed by atoms with E-state index < -0.39 is 24.4 Å². The van der Waals surface area contributed by atoms with E-state index in [1.807, 2.05) is 0 Å². The van der Waals surface area contributed by atoms with E-state index in [1.165, 1.54) is 12.1 Å². The summed E-state index contributed by atoms with van der Waals surface area (Å²) in [6, 6.07) is 8.44. The first-order chi connectivity index (χ1) is 10.9. The van der Waals surface area contributed by atoms with Gasteiger partial charge in [0.25, 0.3) is 0 Å². The fourth-order valence-corrected chi connectivity index (χ4v) is 3.76. The van der Waals surface area contributed by atoms with Gasteiger partial charge in [0, 0.05) is 24.5 Å². The Morgan fingerprint density at radius 2 is 1.75 bits per heavy atom. The van der Waals surface area contributed by atoms with Crippen LogP contribution in [-0.4, -0.2) is 30.2 Å². The van der Waals surface area contributed by atoms with Crippen LogP contribution in [0.25, 0.3) is 0 Å². The number of halogens is 4. The molecule has 3 unspecified atom stereocenters. The molecule has 2 fully saturated rings. The molecule has 0 aliphatic carbocycles. The van der Waals surface area contributed by atoms with Gasteiger partial charge in [0.15, 0.2) is 0 Å². The smallest absolute Gasteiger partial charge is 0.353 e. The zero-order valence-corrected chi connectivity index (χ0v) is 14.0. The van der Waals surface area contributed by atoms with Crippen molar-refractivity contribution in [3.63, 3.8) is 0 Å². The Morgan fingerprint density at radius 3 is 2.29 bits per heavy atom. The van der Waals surface area contributed by atoms with E-state index in [2.05, 4.69) is 10.6 Å². The summed E-state index contributed by atoms with van der Waals surface area (Å²) < 4.78 is 39.9. The van der Waals surface area contributed by atoms with E-state index in [9.17, 15) is 18.0 Å². The lowest BCUT2D eigenvalue weighted by Crippen LogP contribution is -2.48. The number of nitrogens with one attached hydrogen (secondary N) is 2. The quantitative estimate of drug-likeness (QED) is 0.860. The van der Waals surface area contributed by atoms with Crippen molar-refractivity contribution in [1.29, 1.82) is 0 Å². The molecule has 2 aliphatic rings. The average Bonchev–Trinajstić information content (AvgIpc) is 2.83. The highest BCUT2D eigenvalue weighted by Crippen LogP contribution is 2.37. The Balaban J connectivity index is 0.00000208. The Kier molecular flexibility index (Phi) is 6.15. The predicted molar refractivity (Wildman–Crippen MR) is 88.2 cm³/mol. The maximum atomic E-state index is 13.3. The standard InChI is InChI=1S/C17H21F3N2O.ClH/c18-17(19,20)15(11-4-2-1-3-5-11)10-16(23)22-14-8-12-6-7-13(9-14)21-12;/h1-5,12-15,21H,6-10H2,(H,22,23);1H. The highest BCUT2D eigenvalue weighted by atomic mass is 35.5. The van der Waals surface area contributed by atoms with Crippen molar-refractivity contribution in [3.8, 4) is 0 Å². The molecule has 2 saturated heterocycles. The van der Waals surface area contributed by atoms with Crippen LogP contribution < -0.4 is 10.6 Å². The van der Waals surface area contributed by atoms with Crippen LogP contribution >= 0.6 is 12.4 Å². The second kappa shape index (κ2) is 7.74. The molecule has 0 aromatic heterocycles. The molecule has 0 saturated carbocycles. The lowest BCUT2D eigenvalue weighted by Gasteiger charge is -2.30. The highest BCUT2D eigenvalue weighted by Gasteiger charge is 2.42. The van der Waals surface area contributed by atoms with Gasteiger partial charge < -0.3 is 10.6 Å². The second-order valence-corrected chi connectivity index (χ2v) is 6.58.